The van der Waals surface area contributed by atoms with Crippen molar-refractivity contribution in [2.75, 3.05) is 31.1 Å². The minimum absolute atomic E-state index is 0.0400. The molecule has 0 radical (unpaired) electrons. The van der Waals surface area contributed by atoms with E-state index in [-0.39, 0.29) is 44.7 Å². The summed E-state index contributed by atoms with van der Waals surface area (Å²) in [5.74, 6) is -12.3. The van der Waals surface area contributed by atoms with Crippen molar-refractivity contribution in [2.24, 2.45) is 17.8 Å². The van der Waals surface area contributed by atoms with Crippen molar-refractivity contribution in [3.8, 4) is 0 Å². The molecule has 3 aromatic rings. The van der Waals surface area contributed by atoms with Gasteiger partial charge in [0.15, 0.2) is 11.8 Å². The van der Waals surface area contributed by atoms with Crippen LogP contribution in [-0.2, 0) is 49.6 Å². The van der Waals surface area contributed by atoms with Crippen molar-refractivity contribution in [3.63, 3.8) is 0 Å². The first-order chi connectivity index (χ1) is 31.1. The number of allylic oxidation sites excluding steroid dienone is 2. The lowest BCUT2D eigenvalue weighted by Gasteiger charge is -2.36. The zero-order chi connectivity index (χ0) is 46.8. The summed E-state index contributed by atoms with van der Waals surface area (Å²) < 4.78 is 0. The predicted molar refractivity (Wildman–Crippen MR) is 241 cm³/mol. The fourth-order valence-corrected chi connectivity index (χ4v) is 9.63. The number of thiophene rings is 1. The smallest absolute Gasteiger partial charge is 0.334 e. The van der Waals surface area contributed by atoms with Gasteiger partial charge in [-0.15, -0.1) is 11.3 Å². The molecule has 16 nitrogen and oxygen atoms in total. The zero-order valence-electron chi connectivity index (χ0n) is 36.4. The Hall–Kier alpha value is -6.49. The standard InChI is InChI=1S/C48H55N5O11S/c1-28(2)21-31-23-39(55)35(41-13-8-20-65-41)25-40(56)44(48(63)64)51-47(62)36(26-42(57)53-18-16-52(17-19-53)33-10-4-3-5-11-33)50-46(61)37(27-43(58)59)49-45(60)32(24-38(31)54)22-30-15-14-29-9-6-7-12-34(29)30/h3-13,15,20,28,31-32,35-37,44H,14,16-19,21-27H2,1-2H3,(H,49,60)(H,50,61)(H,51,62)(H,58,59)(H,63,64)/t31-,32+,35+,36+,37-,44-/m1/s1. The number of para-hydroxylation sites is 1. The number of hydrogen-bond donors (Lipinski definition) is 5. The number of Topliss-reactive ketones (excluding diaryl/α,β-unsaturated/α-hetero) is 3. The van der Waals surface area contributed by atoms with Crippen molar-refractivity contribution in [3.05, 3.63) is 94.2 Å². The van der Waals surface area contributed by atoms with Gasteiger partial charge in [0, 0.05) is 67.8 Å². The highest BCUT2D eigenvalue weighted by molar-refractivity contribution is 7.10. The van der Waals surface area contributed by atoms with Crippen molar-refractivity contribution in [1.29, 1.82) is 0 Å². The summed E-state index contributed by atoms with van der Waals surface area (Å²) in [6.45, 7) is 5.10. The molecular formula is C48H55N5O11S. The van der Waals surface area contributed by atoms with Gasteiger partial charge in [-0.2, -0.15) is 0 Å². The fourth-order valence-electron chi connectivity index (χ4n) is 8.78. The molecule has 2 aliphatic heterocycles. The van der Waals surface area contributed by atoms with Crippen LogP contribution in [0.25, 0.3) is 5.57 Å². The van der Waals surface area contributed by atoms with E-state index in [9.17, 15) is 53.4 Å². The van der Waals surface area contributed by atoms with Gasteiger partial charge in [0.25, 0.3) is 0 Å². The van der Waals surface area contributed by atoms with Crippen LogP contribution in [0.3, 0.4) is 0 Å². The molecule has 6 rings (SSSR count). The van der Waals surface area contributed by atoms with E-state index in [0.29, 0.717) is 24.4 Å². The normalized spacial score (nSPS) is 24.0. The Morgan fingerprint density at radius 2 is 1.35 bits per heavy atom. The molecule has 1 aliphatic carbocycles. The quantitative estimate of drug-likeness (QED) is 0.173. The number of carboxylic acid groups (broad SMARTS) is 2. The third kappa shape index (κ3) is 12.6. The van der Waals surface area contributed by atoms with Gasteiger partial charge in [0.05, 0.1) is 18.8 Å². The lowest BCUT2D eigenvalue weighted by atomic mass is 9.80. The second-order valence-electron chi connectivity index (χ2n) is 17.3. The largest absolute Gasteiger partial charge is 0.481 e. The maximum absolute atomic E-state index is 14.4. The first kappa shape index (κ1) is 48.0. The Morgan fingerprint density at radius 3 is 2.02 bits per heavy atom. The summed E-state index contributed by atoms with van der Waals surface area (Å²) in [5.41, 5.74) is 3.61. The molecule has 4 amide bonds. The van der Waals surface area contributed by atoms with E-state index in [1.807, 2.05) is 74.5 Å². The molecule has 0 bridgehead atoms. The van der Waals surface area contributed by atoms with Crippen LogP contribution in [0.15, 0.2) is 78.2 Å². The summed E-state index contributed by atoms with van der Waals surface area (Å²) in [6.07, 6.45) is -0.219. The second-order valence-corrected chi connectivity index (χ2v) is 18.3. The van der Waals surface area contributed by atoms with E-state index in [2.05, 4.69) is 20.9 Å². The predicted octanol–water partition coefficient (Wildman–Crippen LogP) is 3.78. The van der Waals surface area contributed by atoms with E-state index >= 15 is 0 Å². The van der Waals surface area contributed by atoms with Crippen LogP contribution in [0.4, 0.5) is 5.69 Å². The van der Waals surface area contributed by atoms with E-state index in [1.54, 1.807) is 17.5 Å². The summed E-state index contributed by atoms with van der Waals surface area (Å²) >= 11 is 1.17. The number of piperazine rings is 1. The number of carboxylic acids is 2. The van der Waals surface area contributed by atoms with Crippen LogP contribution in [0.1, 0.15) is 80.7 Å². The molecule has 3 aliphatic rings. The summed E-state index contributed by atoms with van der Waals surface area (Å²) in [6, 6.07) is 14.5. The van der Waals surface area contributed by atoms with Crippen LogP contribution >= 0.6 is 11.3 Å². The first-order valence-corrected chi connectivity index (χ1v) is 22.8. The molecule has 0 unspecified atom stereocenters. The molecule has 3 heterocycles. The van der Waals surface area contributed by atoms with Crippen molar-refractivity contribution < 1.29 is 53.4 Å². The van der Waals surface area contributed by atoms with E-state index in [1.165, 1.54) is 16.2 Å². The maximum atomic E-state index is 14.4. The molecule has 2 fully saturated rings. The summed E-state index contributed by atoms with van der Waals surface area (Å²) in [5, 5.41) is 29.0. The lowest BCUT2D eigenvalue weighted by Crippen LogP contribution is -2.59. The third-order valence-electron chi connectivity index (χ3n) is 12.2. The summed E-state index contributed by atoms with van der Waals surface area (Å²) in [7, 11) is 0. The molecular weight excluding hydrogens is 855 g/mol. The van der Waals surface area contributed by atoms with Crippen LogP contribution in [0, 0.1) is 17.8 Å². The monoisotopic (exact) mass is 909 g/mol. The number of ketones is 3. The molecule has 1 aromatic heterocycles. The first-order valence-electron chi connectivity index (χ1n) is 21.9. The van der Waals surface area contributed by atoms with Gasteiger partial charge < -0.3 is 36.0 Å². The zero-order valence-corrected chi connectivity index (χ0v) is 37.2. The molecule has 17 heteroatoms. The highest BCUT2D eigenvalue weighted by atomic mass is 32.1. The van der Waals surface area contributed by atoms with Gasteiger partial charge in [-0.05, 0) is 65.5 Å². The Labute approximate surface area is 380 Å². The minimum atomic E-state index is -2.22. The number of carbonyl (C=O) groups excluding carboxylic acids is 7. The van der Waals surface area contributed by atoms with E-state index in [0.717, 1.165) is 22.4 Å². The number of hydrogen-bond acceptors (Lipinski definition) is 11. The average molecular weight is 910 g/mol. The molecule has 5 N–H and O–H groups in total. The van der Waals surface area contributed by atoms with E-state index < -0.39 is 108 Å². The molecule has 6 atom stereocenters. The van der Waals surface area contributed by atoms with Crippen LogP contribution in [0.5, 0.6) is 0 Å². The summed E-state index contributed by atoms with van der Waals surface area (Å²) in [4.78, 5) is 128. The Bertz CT molecular complexity index is 2310. The van der Waals surface area contributed by atoms with Gasteiger partial charge in [0.2, 0.25) is 23.6 Å². The van der Waals surface area contributed by atoms with Gasteiger partial charge in [-0.3, -0.25) is 38.4 Å². The number of carbonyl (C=O) groups is 9. The van der Waals surface area contributed by atoms with Crippen LogP contribution in [0.2, 0.25) is 0 Å². The Balaban J connectivity index is 1.35. The molecule has 344 valence electrons. The number of nitrogens with zero attached hydrogens (tertiary/aromatic N) is 2. The minimum Gasteiger partial charge on any atom is -0.481 e. The molecule has 2 aromatic carbocycles. The van der Waals surface area contributed by atoms with Crippen molar-refractivity contribution >= 4 is 75.5 Å². The fraction of sp³-hybridized carbons (Fsp3) is 0.438. The van der Waals surface area contributed by atoms with Gasteiger partial charge >= 0.3 is 11.9 Å². The highest BCUT2D eigenvalue weighted by Crippen LogP contribution is 2.35. The van der Waals surface area contributed by atoms with Gasteiger partial charge in [-0.25, -0.2) is 4.79 Å². The van der Waals surface area contributed by atoms with Crippen molar-refractivity contribution in [2.45, 2.75) is 89.3 Å². The molecule has 0 spiro atoms. The van der Waals surface area contributed by atoms with Gasteiger partial charge in [0.1, 0.15) is 23.7 Å². The molecule has 0 saturated carbocycles. The van der Waals surface area contributed by atoms with Crippen molar-refractivity contribution in [1.82, 2.24) is 20.9 Å². The number of benzene rings is 2. The molecule has 2 saturated heterocycles. The number of aliphatic carboxylic acids is 2. The van der Waals surface area contributed by atoms with Crippen LogP contribution in [-0.4, -0.2) is 112 Å². The van der Waals surface area contributed by atoms with Crippen LogP contribution < -0.4 is 20.9 Å². The number of rotatable bonds is 11. The maximum Gasteiger partial charge on any atom is 0.334 e. The Morgan fingerprint density at radius 1 is 0.708 bits per heavy atom. The SMILES string of the molecule is CC(C)C[C@@H]1CC(=O)[C@@H](c2cccs2)CC(=O)[C@H](C(=O)O)NC(=O)[C@H](CC(=O)N2CCN(c3ccccc3)CC2)NC(=O)[C@@H](CC(=O)O)NC(=O)[C@@H](CC2=CCc3ccccc32)CC1=O. The lowest BCUT2D eigenvalue weighted by molar-refractivity contribution is -0.147. The Kier molecular flexibility index (Phi) is 16.2. The highest BCUT2D eigenvalue weighted by Gasteiger charge is 2.40. The third-order valence-corrected chi connectivity index (χ3v) is 13.2. The second kappa shape index (κ2) is 21.9. The van der Waals surface area contributed by atoms with Gasteiger partial charge in [-0.1, -0.05) is 68.5 Å². The average Bonchev–Trinajstić information content (AvgIpc) is 3.96. The topological polar surface area (TPSA) is 237 Å². The number of anilines is 1. The number of fused-ring (bicyclic) bond motifs is 1. The molecule has 65 heavy (non-hydrogen) atoms. The van der Waals surface area contributed by atoms with E-state index in [4.69, 9.17) is 0 Å². The number of nitrogens with one attached hydrogen (secondary N) is 3. The number of amides is 4.